The van der Waals surface area contributed by atoms with E-state index in [9.17, 15) is 14.9 Å². The van der Waals surface area contributed by atoms with E-state index in [2.05, 4.69) is 13.0 Å². The third-order valence-electron chi connectivity index (χ3n) is 3.41. The molecule has 0 spiro atoms. The average molecular weight is 347 g/mol. The number of nitro groups is 1. The van der Waals surface area contributed by atoms with Crippen molar-refractivity contribution in [3.05, 3.63) is 58.2 Å². The number of esters is 1. The third kappa shape index (κ3) is 8.69. The number of ether oxygens (including phenoxy) is 2. The molecule has 1 aromatic carbocycles. The first-order chi connectivity index (χ1) is 12.0. The van der Waals surface area contributed by atoms with Crippen LogP contribution in [0.1, 0.15) is 39.5 Å². The van der Waals surface area contributed by atoms with Crippen LogP contribution in [0.2, 0.25) is 0 Å². The van der Waals surface area contributed by atoms with Crippen molar-refractivity contribution in [2.24, 2.45) is 0 Å². The van der Waals surface area contributed by atoms with E-state index < -0.39 is 10.9 Å². The van der Waals surface area contributed by atoms with Crippen molar-refractivity contribution >= 4 is 11.7 Å². The molecule has 0 saturated heterocycles. The summed E-state index contributed by atoms with van der Waals surface area (Å²) in [6, 6.07) is 5.90. The van der Waals surface area contributed by atoms with E-state index in [-0.39, 0.29) is 24.7 Å². The Morgan fingerprint density at radius 2 is 2.04 bits per heavy atom. The third-order valence-corrected chi connectivity index (χ3v) is 3.41. The Balaban J connectivity index is 2.33. The molecule has 6 nitrogen and oxygen atoms in total. The zero-order valence-electron chi connectivity index (χ0n) is 14.8. The average Bonchev–Trinajstić information content (AvgIpc) is 2.60. The van der Waals surface area contributed by atoms with Gasteiger partial charge in [-0.1, -0.05) is 49.6 Å². The predicted octanol–water partition coefficient (Wildman–Crippen LogP) is 4.60. The molecule has 0 radical (unpaired) electrons. The minimum Gasteiger partial charge on any atom is -0.475 e. The smallest absolute Gasteiger partial charge is 0.344 e. The summed E-state index contributed by atoms with van der Waals surface area (Å²) in [5, 5.41) is 10.9. The Kier molecular flexibility index (Phi) is 9.67. The van der Waals surface area contributed by atoms with Crippen LogP contribution in [-0.2, 0) is 9.53 Å². The van der Waals surface area contributed by atoms with Crippen molar-refractivity contribution in [2.75, 3.05) is 13.2 Å². The molecular weight excluding hydrogens is 322 g/mol. The number of benzene rings is 1. The summed E-state index contributed by atoms with van der Waals surface area (Å²) in [7, 11) is 0. The molecule has 136 valence electrons. The van der Waals surface area contributed by atoms with E-state index >= 15 is 0 Å². The first-order valence-corrected chi connectivity index (χ1v) is 8.39. The number of para-hydroxylation sites is 2. The molecule has 6 heteroatoms. The van der Waals surface area contributed by atoms with Crippen molar-refractivity contribution in [2.45, 2.75) is 39.5 Å². The summed E-state index contributed by atoms with van der Waals surface area (Å²) in [5.41, 5.74) is 0.836. The molecule has 0 fully saturated rings. The minimum atomic E-state index is -0.575. The standard InChI is InChI=1S/C19H25NO5/c1-3-4-5-6-7-10-16(2)13-14-24-19(21)15-25-18-12-9-8-11-17(18)20(22)23/h7-13H,3-6,14-15H2,1-2H3/b10-7+,16-13+. The SMILES string of the molecule is CCCCC/C=C/C(C)=C/COC(=O)COc1ccccc1[N+](=O)[O-]. The number of hydrogen-bond donors (Lipinski definition) is 0. The van der Waals surface area contributed by atoms with Gasteiger partial charge in [0.05, 0.1) is 4.92 Å². The van der Waals surface area contributed by atoms with Crippen LogP contribution in [0.3, 0.4) is 0 Å². The fourth-order valence-electron chi connectivity index (χ4n) is 2.02. The molecule has 0 aliphatic rings. The van der Waals surface area contributed by atoms with Crippen LogP contribution >= 0.6 is 0 Å². The Labute approximate surface area is 148 Å². The molecule has 0 bridgehead atoms. The number of nitrogens with zero attached hydrogens (tertiary/aromatic N) is 1. The summed E-state index contributed by atoms with van der Waals surface area (Å²) in [6.07, 6.45) is 10.6. The summed E-state index contributed by atoms with van der Waals surface area (Å²) in [5.74, 6) is -0.527. The van der Waals surface area contributed by atoms with Gasteiger partial charge in [0, 0.05) is 6.07 Å². The highest BCUT2D eigenvalue weighted by atomic mass is 16.6. The monoisotopic (exact) mass is 347 g/mol. The molecule has 0 amide bonds. The largest absolute Gasteiger partial charge is 0.475 e. The van der Waals surface area contributed by atoms with E-state index in [1.807, 2.05) is 13.0 Å². The maximum Gasteiger partial charge on any atom is 0.344 e. The number of carbonyl (C=O) groups excluding carboxylic acids is 1. The maximum atomic E-state index is 11.6. The Hall–Kier alpha value is -2.63. The van der Waals surface area contributed by atoms with Gasteiger partial charge >= 0.3 is 11.7 Å². The van der Waals surface area contributed by atoms with Gasteiger partial charge in [0.25, 0.3) is 0 Å². The van der Waals surface area contributed by atoms with Gasteiger partial charge in [0.1, 0.15) is 6.61 Å². The fraction of sp³-hybridized carbons (Fsp3) is 0.421. The highest BCUT2D eigenvalue weighted by Crippen LogP contribution is 2.25. The van der Waals surface area contributed by atoms with Crippen LogP contribution in [0.15, 0.2) is 48.1 Å². The van der Waals surface area contributed by atoms with Gasteiger partial charge in [-0.3, -0.25) is 10.1 Å². The van der Waals surface area contributed by atoms with Crippen LogP contribution < -0.4 is 4.74 Å². The predicted molar refractivity (Wildman–Crippen MR) is 96.6 cm³/mol. The molecule has 25 heavy (non-hydrogen) atoms. The van der Waals surface area contributed by atoms with E-state index in [4.69, 9.17) is 9.47 Å². The van der Waals surface area contributed by atoms with Gasteiger partial charge in [0.2, 0.25) is 0 Å². The lowest BCUT2D eigenvalue weighted by Crippen LogP contribution is -2.15. The number of carbonyl (C=O) groups is 1. The molecule has 1 aromatic rings. The van der Waals surface area contributed by atoms with Crippen molar-refractivity contribution in [1.82, 2.24) is 0 Å². The number of rotatable bonds is 11. The molecule has 0 unspecified atom stereocenters. The van der Waals surface area contributed by atoms with E-state index in [1.54, 1.807) is 12.1 Å². The number of hydrogen-bond acceptors (Lipinski definition) is 5. The van der Waals surface area contributed by atoms with E-state index in [1.165, 1.54) is 37.5 Å². The zero-order valence-corrected chi connectivity index (χ0v) is 14.8. The lowest BCUT2D eigenvalue weighted by atomic mass is 10.2. The Bertz CT molecular complexity index is 622. The van der Waals surface area contributed by atoms with Crippen molar-refractivity contribution in [3.63, 3.8) is 0 Å². The molecule has 0 heterocycles. The first-order valence-electron chi connectivity index (χ1n) is 8.39. The fourth-order valence-corrected chi connectivity index (χ4v) is 2.02. The van der Waals surface area contributed by atoms with Gasteiger partial charge in [-0.05, 0) is 31.9 Å². The molecule has 0 aliphatic heterocycles. The number of unbranched alkanes of at least 4 members (excludes halogenated alkanes) is 3. The van der Waals surface area contributed by atoms with Gasteiger partial charge < -0.3 is 9.47 Å². The Morgan fingerprint density at radius 1 is 1.28 bits per heavy atom. The topological polar surface area (TPSA) is 78.7 Å². The number of allylic oxidation sites excluding steroid dienone is 3. The molecule has 1 rings (SSSR count). The van der Waals surface area contributed by atoms with Gasteiger partial charge in [-0.25, -0.2) is 4.79 Å². The van der Waals surface area contributed by atoms with Gasteiger partial charge in [0.15, 0.2) is 12.4 Å². The van der Waals surface area contributed by atoms with Crippen LogP contribution in [0.5, 0.6) is 5.75 Å². The van der Waals surface area contributed by atoms with Crippen molar-refractivity contribution < 1.29 is 19.2 Å². The summed E-state index contributed by atoms with van der Waals surface area (Å²) in [6.45, 7) is 3.88. The summed E-state index contributed by atoms with van der Waals surface area (Å²) >= 11 is 0. The highest BCUT2D eigenvalue weighted by molar-refractivity contribution is 5.71. The van der Waals surface area contributed by atoms with E-state index in [0.29, 0.717) is 0 Å². The maximum absolute atomic E-state index is 11.6. The van der Waals surface area contributed by atoms with Crippen LogP contribution in [-0.4, -0.2) is 24.1 Å². The second-order valence-corrected chi connectivity index (χ2v) is 5.54. The lowest BCUT2D eigenvalue weighted by molar-refractivity contribution is -0.385. The molecule has 0 N–H and O–H groups in total. The summed E-state index contributed by atoms with van der Waals surface area (Å²) in [4.78, 5) is 21.9. The number of nitro benzene ring substituents is 1. The van der Waals surface area contributed by atoms with Gasteiger partial charge in [-0.15, -0.1) is 0 Å². The molecule has 0 saturated carbocycles. The van der Waals surface area contributed by atoms with Crippen LogP contribution in [0.4, 0.5) is 5.69 Å². The Morgan fingerprint density at radius 3 is 2.76 bits per heavy atom. The van der Waals surface area contributed by atoms with Gasteiger partial charge in [-0.2, -0.15) is 0 Å². The second-order valence-electron chi connectivity index (χ2n) is 5.54. The minimum absolute atomic E-state index is 0.0474. The zero-order chi connectivity index (χ0) is 18.5. The van der Waals surface area contributed by atoms with Crippen molar-refractivity contribution in [3.8, 4) is 5.75 Å². The quantitative estimate of drug-likeness (QED) is 0.192. The van der Waals surface area contributed by atoms with Crippen LogP contribution in [0, 0.1) is 10.1 Å². The molecule has 0 atom stereocenters. The highest BCUT2D eigenvalue weighted by Gasteiger charge is 2.15. The van der Waals surface area contributed by atoms with Crippen LogP contribution in [0.25, 0.3) is 0 Å². The molecule has 0 aromatic heterocycles. The normalized spacial score (nSPS) is 11.5. The summed E-state index contributed by atoms with van der Waals surface area (Å²) < 4.78 is 10.2. The molecule has 0 aliphatic carbocycles. The van der Waals surface area contributed by atoms with Crippen molar-refractivity contribution in [1.29, 1.82) is 0 Å². The van der Waals surface area contributed by atoms with E-state index in [0.717, 1.165) is 12.0 Å². The lowest BCUT2D eigenvalue weighted by Gasteiger charge is -2.06. The molecular formula is C19H25NO5. The second kappa shape index (κ2) is 11.8. The first kappa shape index (κ1) is 20.4.